The van der Waals surface area contributed by atoms with Gasteiger partial charge in [0.1, 0.15) is 0 Å². The van der Waals surface area contributed by atoms with Gasteiger partial charge in [-0.25, -0.2) is 0 Å². The largest absolute Gasteiger partial charge is 0.337 e. The van der Waals surface area contributed by atoms with E-state index in [9.17, 15) is 4.79 Å². The smallest absolute Gasteiger partial charge is 0.237 e. The second kappa shape index (κ2) is 8.53. The first-order valence-corrected chi connectivity index (χ1v) is 9.93. The molecule has 0 saturated carbocycles. The van der Waals surface area contributed by atoms with Crippen molar-refractivity contribution < 1.29 is 4.79 Å². The quantitative estimate of drug-likeness (QED) is 0.871. The first-order valence-electron chi connectivity index (χ1n) is 9.05. The third kappa shape index (κ3) is 3.96. The van der Waals surface area contributed by atoms with Crippen molar-refractivity contribution in [2.24, 2.45) is 11.7 Å². The second-order valence-corrected chi connectivity index (χ2v) is 8.14. The minimum absolute atomic E-state index is 0. The Hall–Kier alpha value is -1.40. The lowest BCUT2D eigenvalue weighted by atomic mass is 9.89. The fraction of sp³-hybridized carbons (Fsp3) is 0.450. The standard InChI is InChI=1S/C20H25N3OS.ClH/c21-10-17-11-22(13-18(17)15-4-2-1-3-5-15)14-20(24)23-8-6-19-16(12-23)7-9-25-19;/h1-5,7,9,17-18H,6,8,10-14,21H2;1H/t17-,18+;/m1./s1. The summed E-state index contributed by atoms with van der Waals surface area (Å²) in [5, 5.41) is 2.13. The molecule has 1 fully saturated rings. The minimum atomic E-state index is 0. The molecule has 1 saturated heterocycles. The van der Waals surface area contributed by atoms with E-state index in [1.807, 2.05) is 22.3 Å². The van der Waals surface area contributed by atoms with Crippen LogP contribution in [0.15, 0.2) is 41.8 Å². The van der Waals surface area contributed by atoms with Crippen LogP contribution in [-0.4, -0.2) is 48.4 Å². The molecule has 26 heavy (non-hydrogen) atoms. The summed E-state index contributed by atoms with van der Waals surface area (Å²) in [6, 6.07) is 12.7. The van der Waals surface area contributed by atoms with Gasteiger partial charge in [0.25, 0.3) is 0 Å². The average Bonchev–Trinajstić information content (AvgIpc) is 3.28. The van der Waals surface area contributed by atoms with Crippen molar-refractivity contribution >= 4 is 29.7 Å². The predicted octanol–water partition coefficient (Wildman–Crippen LogP) is 2.73. The van der Waals surface area contributed by atoms with E-state index < -0.39 is 0 Å². The molecular formula is C20H26ClN3OS. The lowest BCUT2D eigenvalue weighted by molar-refractivity contribution is -0.133. The molecule has 0 aliphatic carbocycles. The Morgan fingerprint density at radius 1 is 1.19 bits per heavy atom. The van der Waals surface area contributed by atoms with Gasteiger partial charge in [0.2, 0.25) is 5.91 Å². The van der Waals surface area contributed by atoms with Crippen LogP contribution in [0.5, 0.6) is 0 Å². The van der Waals surface area contributed by atoms with Crippen LogP contribution in [0.1, 0.15) is 21.9 Å². The molecular weight excluding hydrogens is 366 g/mol. The van der Waals surface area contributed by atoms with E-state index >= 15 is 0 Å². The van der Waals surface area contributed by atoms with Crippen molar-refractivity contribution in [2.45, 2.75) is 18.9 Å². The average molecular weight is 392 g/mol. The zero-order valence-corrected chi connectivity index (χ0v) is 16.5. The van der Waals surface area contributed by atoms with Gasteiger partial charge in [-0.15, -0.1) is 23.7 Å². The normalized spacial score (nSPS) is 22.7. The maximum atomic E-state index is 12.8. The monoisotopic (exact) mass is 391 g/mol. The van der Waals surface area contributed by atoms with Crippen LogP contribution in [0.25, 0.3) is 0 Å². The molecule has 2 N–H and O–H groups in total. The van der Waals surface area contributed by atoms with E-state index in [0.717, 1.165) is 32.6 Å². The van der Waals surface area contributed by atoms with Gasteiger partial charge in [0.05, 0.1) is 6.54 Å². The molecule has 4 nitrogen and oxygen atoms in total. The fourth-order valence-corrected chi connectivity index (χ4v) is 5.05. The van der Waals surface area contributed by atoms with Crippen LogP contribution in [-0.2, 0) is 17.8 Å². The lowest BCUT2D eigenvalue weighted by Crippen LogP contribution is -2.42. The van der Waals surface area contributed by atoms with Crippen molar-refractivity contribution in [1.82, 2.24) is 9.80 Å². The molecule has 6 heteroatoms. The lowest BCUT2D eigenvalue weighted by Gasteiger charge is -2.29. The topological polar surface area (TPSA) is 49.6 Å². The van der Waals surface area contributed by atoms with E-state index in [-0.39, 0.29) is 18.3 Å². The van der Waals surface area contributed by atoms with Gasteiger partial charge < -0.3 is 10.6 Å². The molecule has 140 valence electrons. The van der Waals surface area contributed by atoms with Crippen LogP contribution in [0.4, 0.5) is 0 Å². The number of likely N-dealkylation sites (tertiary alicyclic amines) is 1. The van der Waals surface area contributed by atoms with Crippen molar-refractivity contribution in [3.8, 4) is 0 Å². The minimum Gasteiger partial charge on any atom is -0.337 e. The number of amides is 1. The summed E-state index contributed by atoms with van der Waals surface area (Å²) < 4.78 is 0. The third-order valence-corrected chi connectivity index (χ3v) is 6.59. The molecule has 2 atom stereocenters. The van der Waals surface area contributed by atoms with Crippen molar-refractivity contribution in [3.05, 3.63) is 57.8 Å². The van der Waals surface area contributed by atoms with Crippen LogP contribution in [0, 0.1) is 5.92 Å². The highest BCUT2D eigenvalue weighted by atomic mass is 35.5. The number of thiophene rings is 1. The number of carbonyl (C=O) groups is 1. The molecule has 1 aromatic heterocycles. The molecule has 0 unspecified atom stereocenters. The molecule has 1 amide bonds. The zero-order chi connectivity index (χ0) is 17.2. The van der Waals surface area contributed by atoms with Crippen LogP contribution >= 0.6 is 23.7 Å². The van der Waals surface area contributed by atoms with Gasteiger partial charge >= 0.3 is 0 Å². The highest BCUT2D eigenvalue weighted by Crippen LogP contribution is 2.32. The molecule has 2 aliphatic rings. The van der Waals surface area contributed by atoms with E-state index in [2.05, 4.69) is 40.6 Å². The number of halogens is 1. The van der Waals surface area contributed by atoms with E-state index in [1.165, 1.54) is 16.0 Å². The molecule has 3 heterocycles. The highest BCUT2D eigenvalue weighted by Gasteiger charge is 2.34. The van der Waals surface area contributed by atoms with Crippen LogP contribution in [0.3, 0.4) is 0 Å². The SMILES string of the molecule is Cl.NC[C@@H]1CN(CC(=O)N2CCc3sccc3C2)C[C@H]1c1ccccc1. The molecule has 0 radical (unpaired) electrons. The van der Waals surface area contributed by atoms with Gasteiger partial charge in [-0.1, -0.05) is 30.3 Å². The van der Waals surface area contributed by atoms with Gasteiger partial charge in [-0.2, -0.15) is 0 Å². The van der Waals surface area contributed by atoms with E-state index in [0.29, 0.717) is 24.9 Å². The molecule has 1 aromatic carbocycles. The number of hydrogen-bond donors (Lipinski definition) is 1. The third-order valence-electron chi connectivity index (χ3n) is 5.57. The second-order valence-electron chi connectivity index (χ2n) is 7.14. The molecule has 2 aromatic rings. The fourth-order valence-electron chi connectivity index (χ4n) is 4.16. The Kier molecular flexibility index (Phi) is 6.35. The molecule has 0 spiro atoms. The first kappa shape index (κ1) is 19.4. The summed E-state index contributed by atoms with van der Waals surface area (Å²) in [5.41, 5.74) is 8.69. The number of nitrogens with zero attached hydrogens (tertiary/aromatic N) is 2. The molecule has 4 rings (SSSR count). The Morgan fingerprint density at radius 2 is 2.00 bits per heavy atom. The summed E-state index contributed by atoms with van der Waals surface area (Å²) in [6.07, 6.45) is 0.997. The number of benzene rings is 1. The predicted molar refractivity (Wildman–Crippen MR) is 109 cm³/mol. The van der Waals surface area contributed by atoms with Crippen molar-refractivity contribution in [3.63, 3.8) is 0 Å². The number of fused-ring (bicyclic) bond motifs is 1. The van der Waals surface area contributed by atoms with E-state index in [1.54, 1.807) is 0 Å². The van der Waals surface area contributed by atoms with Gasteiger partial charge in [-0.3, -0.25) is 9.69 Å². The summed E-state index contributed by atoms with van der Waals surface area (Å²) in [7, 11) is 0. The summed E-state index contributed by atoms with van der Waals surface area (Å²) in [4.78, 5) is 18.5. The van der Waals surface area contributed by atoms with Crippen LogP contribution in [0.2, 0.25) is 0 Å². The number of hydrogen-bond acceptors (Lipinski definition) is 4. The summed E-state index contributed by atoms with van der Waals surface area (Å²) in [5.74, 6) is 1.12. The summed E-state index contributed by atoms with van der Waals surface area (Å²) >= 11 is 1.81. The zero-order valence-electron chi connectivity index (χ0n) is 14.8. The molecule has 2 aliphatic heterocycles. The number of rotatable bonds is 4. The maximum Gasteiger partial charge on any atom is 0.237 e. The maximum absolute atomic E-state index is 12.8. The van der Waals surface area contributed by atoms with E-state index in [4.69, 9.17) is 5.73 Å². The summed E-state index contributed by atoms with van der Waals surface area (Å²) in [6.45, 7) is 4.65. The van der Waals surface area contributed by atoms with Crippen molar-refractivity contribution in [2.75, 3.05) is 32.7 Å². The Morgan fingerprint density at radius 3 is 2.77 bits per heavy atom. The molecule has 0 bridgehead atoms. The Labute approximate surface area is 165 Å². The number of nitrogens with two attached hydrogens (primary N) is 1. The van der Waals surface area contributed by atoms with Crippen molar-refractivity contribution in [1.29, 1.82) is 0 Å². The Balaban J connectivity index is 0.00000196. The van der Waals surface area contributed by atoms with Gasteiger partial charge in [-0.05, 0) is 41.5 Å². The Bertz CT molecular complexity index is 736. The number of carbonyl (C=O) groups excluding carboxylic acids is 1. The van der Waals surface area contributed by atoms with Gasteiger partial charge in [0, 0.05) is 37.0 Å². The highest BCUT2D eigenvalue weighted by molar-refractivity contribution is 7.10. The first-order chi connectivity index (χ1) is 12.2. The van der Waals surface area contributed by atoms with Gasteiger partial charge in [0.15, 0.2) is 0 Å². The van der Waals surface area contributed by atoms with Crippen LogP contribution < -0.4 is 5.73 Å².